The molecule has 0 saturated carbocycles. The summed E-state index contributed by atoms with van der Waals surface area (Å²) in [5, 5.41) is 14.1. The average molecular weight is 399 g/mol. The Morgan fingerprint density at radius 2 is 1.64 bits per heavy atom. The van der Waals surface area contributed by atoms with E-state index >= 15 is 0 Å². The van der Waals surface area contributed by atoms with Gasteiger partial charge in [-0.15, -0.1) is 0 Å². The van der Waals surface area contributed by atoms with Gasteiger partial charge in [0.05, 0.1) is 12.0 Å². The van der Waals surface area contributed by atoms with Crippen LogP contribution in [0.25, 0.3) is 0 Å². The summed E-state index contributed by atoms with van der Waals surface area (Å²) in [6, 6.07) is 17.3. The summed E-state index contributed by atoms with van der Waals surface area (Å²) in [5.41, 5.74) is 0.797. The molecule has 3 aromatic rings. The van der Waals surface area contributed by atoms with Crippen LogP contribution in [-0.2, 0) is 0 Å². The predicted octanol–water partition coefficient (Wildman–Crippen LogP) is 5.30. The summed E-state index contributed by atoms with van der Waals surface area (Å²) in [6.45, 7) is 0. The fraction of sp³-hybridized carbons (Fsp3) is 0.0500. The zero-order valence-corrected chi connectivity index (χ0v) is 15.5. The smallest absolute Gasteiger partial charge is 0.313 e. The summed E-state index contributed by atoms with van der Waals surface area (Å²) in [7, 11) is 1.57. The van der Waals surface area contributed by atoms with Crippen LogP contribution in [0.15, 0.2) is 66.7 Å². The lowest BCUT2D eigenvalue weighted by Gasteiger charge is -2.09. The molecule has 0 aliphatic carbocycles. The van der Waals surface area contributed by atoms with Crippen LogP contribution < -0.4 is 14.8 Å². The number of hydrogen-bond donors (Lipinski definition) is 1. The van der Waals surface area contributed by atoms with Gasteiger partial charge in [-0.25, -0.2) is 0 Å². The molecule has 8 heteroatoms. The number of nitro benzene ring substituents is 1. The lowest BCUT2D eigenvalue weighted by molar-refractivity contribution is -0.385. The van der Waals surface area contributed by atoms with Crippen molar-refractivity contribution in [1.82, 2.24) is 0 Å². The first kappa shape index (κ1) is 19.2. The van der Waals surface area contributed by atoms with Crippen LogP contribution in [0.5, 0.6) is 17.2 Å². The van der Waals surface area contributed by atoms with E-state index in [9.17, 15) is 14.9 Å². The molecule has 0 aliphatic rings. The number of hydrogen-bond acceptors (Lipinski definition) is 5. The predicted molar refractivity (Wildman–Crippen MR) is 106 cm³/mol. The van der Waals surface area contributed by atoms with Gasteiger partial charge in [0.1, 0.15) is 11.5 Å². The molecule has 0 heterocycles. The van der Waals surface area contributed by atoms with Crippen molar-refractivity contribution in [2.45, 2.75) is 0 Å². The van der Waals surface area contributed by atoms with Crippen LogP contribution in [0, 0.1) is 10.1 Å². The second-order valence-electron chi connectivity index (χ2n) is 5.68. The third-order valence-electron chi connectivity index (χ3n) is 3.81. The highest BCUT2D eigenvalue weighted by atomic mass is 35.5. The number of rotatable bonds is 6. The highest BCUT2D eigenvalue weighted by Gasteiger charge is 2.16. The van der Waals surface area contributed by atoms with Crippen molar-refractivity contribution < 1.29 is 19.2 Å². The first-order chi connectivity index (χ1) is 13.5. The molecule has 0 unspecified atom stereocenters. The number of nitrogens with zero attached hydrogens (tertiary/aromatic N) is 1. The Bertz CT molecular complexity index is 1000. The van der Waals surface area contributed by atoms with E-state index in [2.05, 4.69) is 5.32 Å². The van der Waals surface area contributed by atoms with Gasteiger partial charge in [0.2, 0.25) is 5.75 Å². The number of methoxy groups -OCH3 is 1. The highest BCUT2D eigenvalue weighted by molar-refractivity contribution is 6.30. The highest BCUT2D eigenvalue weighted by Crippen LogP contribution is 2.33. The number of amides is 1. The molecule has 0 saturated heterocycles. The van der Waals surface area contributed by atoms with E-state index in [1.54, 1.807) is 55.6 Å². The summed E-state index contributed by atoms with van der Waals surface area (Å²) >= 11 is 5.79. The Morgan fingerprint density at radius 3 is 2.25 bits per heavy atom. The number of carbonyl (C=O) groups excluding carboxylic acids is 1. The minimum atomic E-state index is -0.572. The number of carbonyl (C=O) groups is 1. The Labute approximate surface area is 165 Å². The molecule has 142 valence electrons. The summed E-state index contributed by atoms with van der Waals surface area (Å²) in [4.78, 5) is 22.9. The Morgan fingerprint density at radius 1 is 1.00 bits per heavy atom. The molecule has 1 N–H and O–H groups in total. The van der Waals surface area contributed by atoms with Crippen LogP contribution in [-0.4, -0.2) is 17.9 Å². The van der Waals surface area contributed by atoms with Gasteiger partial charge in [-0.2, -0.15) is 0 Å². The maximum Gasteiger partial charge on any atom is 0.313 e. The summed E-state index contributed by atoms with van der Waals surface area (Å²) in [6.07, 6.45) is 0. The number of ether oxygens (including phenoxy) is 2. The molecule has 1 amide bonds. The molecule has 3 rings (SSSR count). The molecular formula is C20H15ClN2O5. The van der Waals surface area contributed by atoms with Crippen molar-refractivity contribution in [2.75, 3.05) is 12.4 Å². The van der Waals surface area contributed by atoms with Gasteiger partial charge < -0.3 is 14.8 Å². The molecule has 0 aliphatic heterocycles. The third kappa shape index (κ3) is 4.57. The molecule has 0 bridgehead atoms. The van der Waals surface area contributed by atoms with Gasteiger partial charge in [-0.05, 0) is 60.7 Å². The number of benzene rings is 3. The fourth-order valence-electron chi connectivity index (χ4n) is 2.40. The molecule has 0 spiro atoms. The maximum atomic E-state index is 12.3. The largest absolute Gasteiger partial charge is 0.497 e. The first-order valence-electron chi connectivity index (χ1n) is 8.13. The lowest BCUT2D eigenvalue weighted by atomic mass is 10.2. The van der Waals surface area contributed by atoms with Crippen LogP contribution >= 0.6 is 11.6 Å². The Kier molecular flexibility index (Phi) is 5.76. The molecule has 0 fully saturated rings. The third-order valence-corrected chi connectivity index (χ3v) is 4.04. The minimum absolute atomic E-state index is 0.0600. The van der Waals surface area contributed by atoms with E-state index in [1.807, 2.05) is 0 Å². The average Bonchev–Trinajstić information content (AvgIpc) is 2.70. The Hall–Kier alpha value is -3.58. The van der Waals surface area contributed by atoms with Gasteiger partial charge >= 0.3 is 5.69 Å². The van der Waals surface area contributed by atoms with Gasteiger partial charge in [-0.3, -0.25) is 14.9 Å². The van der Waals surface area contributed by atoms with Gasteiger partial charge in [0.25, 0.3) is 5.91 Å². The second-order valence-corrected chi connectivity index (χ2v) is 6.11. The molecular weight excluding hydrogens is 384 g/mol. The lowest BCUT2D eigenvalue weighted by Crippen LogP contribution is -2.11. The van der Waals surface area contributed by atoms with Crippen LogP contribution in [0.1, 0.15) is 10.4 Å². The van der Waals surface area contributed by atoms with Crippen molar-refractivity contribution in [1.29, 1.82) is 0 Å². The molecule has 7 nitrogen and oxygen atoms in total. The molecule has 0 atom stereocenters. The van der Waals surface area contributed by atoms with Crippen molar-refractivity contribution >= 4 is 28.9 Å². The quantitative estimate of drug-likeness (QED) is 0.449. The van der Waals surface area contributed by atoms with Crippen molar-refractivity contribution in [3.8, 4) is 17.2 Å². The SMILES string of the molecule is COc1ccc(NC(=O)c2ccc(Oc3ccc(Cl)cc3[N+](=O)[O-])cc2)cc1. The molecule has 3 aromatic carbocycles. The summed E-state index contributed by atoms with van der Waals surface area (Å²) < 4.78 is 10.6. The van der Waals surface area contributed by atoms with Crippen LogP contribution in [0.4, 0.5) is 11.4 Å². The van der Waals surface area contributed by atoms with E-state index in [-0.39, 0.29) is 22.4 Å². The molecule has 0 aromatic heterocycles. The zero-order chi connectivity index (χ0) is 20.1. The van der Waals surface area contributed by atoms with E-state index < -0.39 is 4.92 Å². The van der Waals surface area contributed by atoms with Crippen LogP contribution in [0.3, 0.4) is 0 Å². The Balaban J connectivity index is 1.71. The topological polar surface area (TPSA) is 90.7 Å². The number of nitro groups is 1. The van der Waals surface area contributed by atoms with Crippen molar-refractivity contribution in [3.05, 3.63) is 87.4 Å². The van der Waals surface area contributed by atoms with Crippen molar-refractivity contribution in [3.63, 3.8) is 0 Å². The second kappa shape index (κ2) is 8.41. The van der Waals surface area contributed by atoms with Crippen molar-refractivity contribution in [2.24, 2.45) is 0 Å². The van der Waals surface area contributed by atoms with Gasteiger partial charge in [0.15, 0.2) is 0 Å². The van der Waals surface area contributed by atoms with Crippen LogP contribution in [0.2, 0.25) is 5.02 Å². The first-order valence-corrected chi connectivity index (χ1v) is 8.51. The molecule has 0 radical (unpaired) electrons. The standard InChI is InChI=1S/C20H15ClN2O5/c1-27-16-9-5-15(6-10-16)22-20(24)13-2-7-17(8-3-13)28-19-11-4-14(21)12-18(19)23(25)26/h2-12H,1H3,(H,22,24). The molecule has 28 heavy (non-hydrogen) atoms. The van der Waals surface area contributed by atoms with E-state index in [1.165, 1.54) is 18.2 Å². The van der Waals surface area contributed by atoms with Gasteiger partial charge in [-0.1, -0.05) is 11.6 Å². The number of anilines is 1. The normalized spacial score (nSPS) is 10.2. The minimum Gasteiger partial charge on any atom is -0.497 e. The van der Waals surface area contributed by atoms with E-state index in [4.69, 9.17) is 21.1 Å². The summed E-state index contributed by atoms with van der Waals surface area (Å²) in [5.74, 6) is 0.807. The van der Waals surface area contributed by atoms with Gasteiger partial charge in [0, 0.05) is 22.3 Å². The number of nitrogens with one attached hydrogen (secondary N) is 1. The zero-order valence-electron chi connectivity index (χ0n) is 14.7. The monoisotopic (exact) mass is 398 g/mol. The van der Waals surface area contributed by atoms with E-state index in [0.29, 0.717) is 22.7 Å². The maximum absolute atomic E-state index is 12.3. The van der Waals surface area contributed by atoms with E-state index in [0.717, 1.165) is 0 Å². The number of halogens is 1. The fourth-order valence-corrected chi connectivity index (χ4v) is 2.56.